The van der Waals surface area contributed by atoms with Crippen LogP contribution in [-0.4, -0.2) is 41.0 Å². The number of H-pyrrole nitrogens is 1. The van der Waals surface area contributed by atoms with Gasteiger partial charge in [0.05, 0.1) is 0 Å². The molecule has 0 amide bonds. The average molecular weight is 414 g/mol. The summed E-state index contributed by atoms with van der Waals surface area (Å²) in [5.74, 6) is 0.417. The van der Waals surface area contributed by atoms with Crippen molar-refractivity contribution >= 4 is 23.3 Å². The third-order valence-electron chi connectivity index (χ3n) is 6.56. The fourth-order valence-electron chi connectivity index (χ4n) is 5.01. The van der Waals surface area contributed by atoms with Crippen LogP contribution in [0.4, 0.5) is 4.39 Å². The summed E-state index contributed by atoms with van der Waals surface area (Å²) in [5, 5.41) is 1.19. The van der Waals surface area contributed by atoms with E-state index in [-0.39, 0.29) is 18.2 Å². The number of rotatable bonds is 5. The summed E-state index contributed by atoms with van der Waals surface area (Å²) < 4.78 is 13.4. The molecule has 3 aromatic rings. The normalized spacial score (nSPS) is 18.1. The van der Waals surface area contributed by atoms with Crippen molar-refractivity contribution in [2.45, 2.75) is 38.3 Å². The SMILES string of the molecule is Cl.Fc1ccc2c(C3CCN(CCCN4Cc5ccccc5C4)CC3)c[nH]c2c1. The Morgan fingerprint density at radius 3 is 2.34 bits per heavy atom. The summed E-state index contributed by atoms with van der Waals surface area (Å²) in [6, 6.07) is 13.9. The Kier molecular flexibility index (Phi) is 6.23. The number of nitrogens with one attached hydrogen (secondary N) is 1. The molecule has 0 atom stereocenters. The first-order chi connectivity index (χ1) is 13.8. The van der Waals surface area contributed by atoms with Gasteiger partial charge in [-0.25, -0.2) is 4.39 Å². The number of fused-ring (bicyclic) bond motifs is 2. The minimum atomic E-state index is -0.170. The van der Waals surface area contributed by atoms with Crippen molar-refractivity contribution < 1.29 is 4.39 Å². The molecule has 1 N–H and O–H groups in total. The molecule has 5 rings (SSSR count). The molecule has 0 radical (unpaired) electrons. The molecule has 3 heterocycles. The van der Waals surface area contributed by atoms with Gasteiger partial charge in [-0.2, -0.15) is 0 Å². The van der Waals surface area contributed by atoms with Gasteiger partial charge in [0.2, 0.25) is 0 Å². The lowest BCUT2D eigenvalue weighted by atomic mass is 9.89. The molecular formula is C24H29ClFN3. The zero-order valence-electron chi connectivity index (χ0n) is 16.7. The second-order valence-electron chi connectivity index (χ2n) is 8.38. The van der Waals surface area contributed by atoms with Crippen LogP contribution in [0.25, 0.3) is 10.9 Å². The highest BCUT2D eigenvalue weighted by Gasteiger charge is 2.23. The third-order valence-corrected chi connectivity index (χ3v) is 6.56. The fraction of sp³-hybridized carbons (Fsp3) is 0.417. The van der Waals surface area contributed by atoms with Gasteiger partial charge in [-0.15, -0.1) is 12.4 Å². The number of hydrogen-bond donors (Lipinski definition) is 1. The molecule has 1 aromatic heterocycles. The topological polar surface area (TPSA) is 22.3 Å². The zero-order chi connectivity index (χ0) is 18.9. The maximum absolute atomic E-state index is 13.4. The third kappa shape index (κ3) is 4.35. The van der Waals surface area contributed by atoms with E-state index >= 15 is 0 Å². The van der Waals surface area contributed by atoms with Crippen molar-refractivity contribution in [2.75, 3.05) is 26.2 Å². The molecule has 0 spiro atoms. The number of aromatic amines is 1. The van der Waals surface area contributed by atoms with Crippen molar-refractivity contribution in [2.24, 2.45) is 0 Å². The smallest absolute Gasteiger partial charge is 0.125 e. The Labute approximate surface area is 178 Å². The van der Waals surface area contributed by atoms with E-state index in [1.807, 2.05) is 6.07 Å². The lowest BCUT2D eigenvalue weighted by molar-refractivity contribution is 0.192. The summed E-state index contributed by atoms with van der Waals surface area (Å²) in [7, 11) is 0. The number of nitrogens with zero attached hydrogens (tertiary/aromatic N) is 2. The number of benzene rings is 2. The van der Waals surface area contributed by atoms with Crippen LogP contribution in [0.15, 0.2) is 48.7 Å². The minimum absolute atomic E-state index is 0. The lowest BCUT2D eigenvalue weighted by Gasteiger charge is -2.32. The van der Waals surface area contributed by atoms with Crippen molar-refractivity contribution in [1.29, 1.82) is 0 Å². The molecule has 3 nitrogen and oxygen atoms in total. The highest BCUT2D eigenvalue weighted by Crippen LogP contribution is 2.33. The number of piperidine rings is 1. The van der Waals surface area contributed by atoms with Gasteiger partial charge < -0.3 is 9.88 Å². The Morgan fingerprint density at radius 1 is 0.931 bits per heavy atom. The fourth-order valence-corrected chi connectivity index (χ4v) is 5.01. The second-order valence-corrected chi connectivity index (χ2v) is 8.38. The predicted octanol–water partition coefficient (Wildman–Crippen LogP) is 5.31. The predicted molar refractivity (Wildman–Crippen MR) is 119 cm³/mol. The zero-order valence-corrected chi connectivity index (χ0v) is 17.6. The van der Waals surface area contributed by atoms with Crippen molar-refractivity contribution in [3.8, 4) is 0 Å². The van der Waals surface area contributed by atoms with Gasteiger partial charge in [-0.3, -0.25) is 4.90 Å². The summed E-state index contributed by atoms with van der Waals surface area (Å²) in [4.78, 5) is 8.44. The van der Waals surface area contributed by atoms with E-state index in [9.17, 15) is 4.39 Å². The van der Waals surface area contributed by atoms with Crippen LogP contribution in [0.5, 0.6) is 0 Å². The van der Waals surface area contributed by atoms with E-state index in [0.29, 0.717) is 5.92 Å². The van der Waals surface area contributed by atoms with Crippen LogP contribution in [0.1, 0.15) is 41.9 Å². The number of likely N-dealkylation sites (tertiary alicyclic amines) is 1. The molecule has 2 aliphatic rings. The summed E-state index contributed by atoms with van der Waals surface area (Å²) in [6.45, 7) is 6.93. The Hall–Kier alpha value is -1.88. The average Bonchev–Trinajstić information content (AvgIpc) is 3.31. The first-order valence-corrected chi connectivity index (χ1v) is 10.5. The summed E-state index contributed by atoms with van der Waals surface area (Å²) in [6.07, 6.45) is 5.72. The number of halogens is 2. The van der Waals surface area contributed by atoms with E-state index in [2.05, 4.69) is 45.2 Å². The Balaban J connectivity index is 0.00000205. The second kappa shape index (κ2) is 8.86. The highest BCUT2D eigenvalue weighted by molar-refractivity contribution is 5.85. The Morgan fingerprint density at radius 2 is 1.62 bits per heavy atom. The van der Waals surface area contributed by atoms with Crippen LogP contribution < -0.4 is 0 Å². The number of aromatic nitrogens is 1. The highest BCUT2D eigenvalue weighted by atomic mass is 35.5. The van der Waals surface area contributed by atoms with Gasteiger partial charge >= 0.3 is 0 Å². The van der Waals surface area contributed by atoms with Gasteiger partial charge in [0.15, 0.2) is 0 Å². The molecule has 1 fully saturated rings. The maximum atomic E-state index is 13.4. The standard InChI is InChI=1S/C24H28FN3.ClH/c25-21-6-7-22-23(15-26-24(22)14-21)18-8-12-27(13-9-18)10-3-11-28-16-19-4-1-2-5-20(19)17-28;/h1-2,4-7,14-15,18,26H,3,8-13,16-17H2;1H. The van der Waals surface area contributed by atoms with E-state index in [0.717, 1.165) is 18.6 Å². The molecule has 154 valence electrons. The van der Waals surface area contributed by atoms with Crippen LogP contribution in [0, 0.1) is 5.82 Å². The molecule has 29 heavy (non-hydrogen) atoms. The first-order valence-electron chi connectivity index (χ1n) is 10.5. The van der Waals surface area contributed by atoms with Crippen LogP contribution in [0.2, 0.25) is 0 Å². The molecule has 0 unspecified atom stereocenters. The largest absolute Gasteiger partial charge is 0.361 e. The first kappa shape index (κ1) is 20.4. The van der Waals surface area contributed by atoms with E-state index < -0.39 is 0 Å². The molecule has 0 saturated carbocycles. The van der Waals surface area contributed by atoms with Gasteiger partial charge in [0.25, 0.3) is 0 Å². The van der Waals surface area contributed by atoms with E-state index in [1.165, 1.54) is 67.5 Å². The van der Waals surface area contributed by atoms with E-state index in [4.69, 9.17) is 0 Å². The lowest BCUT2D eigenvalue weighted by Crippen LogP contribution is -2.35. The molecular weight excluding hydrogens is 385 g/mol. The molecule has 0 bridgehead atoms. The van der Waals surface area contributed by atoms with Gasteiger partial charge in [0, 0.05) is 36.7 Å². The van der Waals surface area contributed by atoms with Crippen LogP contribution in [0.3, 0.4) is 0 Å². The molecule has 2 aromatic carbocycles. The van der Waals surface area contributed by atoms with Crippen molar-refractivity contribution in [3.05, 3.63) is 71.2 Å². The summed E-state index contributed by atoms with van der Waals surface area (Å²) >= 11 is 0. The van der Waals surface area contributed by atoms with Crippen LogP contribution >= 0.6 is 12.4 Å². The minimum Gasteiger partial charge on any atom is -0.361 e. The van der Waals surface area contributed by atoms with Crippen molar-refractivity contribution in [1.82, 2.24) is 14.8 Å². The maximum Gasteiger partial charge on any atom is 0.125 e. The monoisotopic (exact) mass is 413 g/mol. The molecule has 0 aliphatic carbocycles. The Bertz CT molecular complexity index is 937. The molecule has 2 aliphatic heterocycles. The quantitative estimate of drug-likeness (QED) is 0.612. The van der Waals surface area contributed by atoms with Crippen molar-refractivity contribution in [3.63, 3.8) is 0 Å². The van der Waals surface area contributed by atoms with Gasteiger partial charge in [-0.05, 0) is 79.7 Å². The van der Waals surface area contributed by atoms with Crippen LogP contribution in [-0.2, 0) is 13.1 Å². The van der Waals surface area contributed by atoms with Gasteiger partial charge in [0.1, 0.15) is 5.82 Å². The number of hydrogen-bond acceptors (Lipinski definition) is 2. The van der Waals surface area contributed by atoms with Gasteiger partial charge in [-0.1, -0.05) is 24.3 Å². The summed E-state index contributed by atoms with van der Waals surface area (Å²) in [5.41, 5.74) is 5.29. The molecule has 1 saturated heterocycles. The van der Waals surface area contributed by atoms with E-state index in [1.54, 1.807) is 12.1 Å². The molecule has 5 heteroatoms.